The molecule has 0 saturated carbocycles. The van der Waals surface area contributed by atoms with E-state index in [4.69, 9.17) is 28.9 Å². The summed E-state index contributed by atoms with van der Waals surface area (Å²) in [6, 6.07) is 10.2. The van der Waals surface area contributed by atoms with Gasteiger partial charge in [-0.2, -0.15) is 0 Å². The summed E-state index contributed by atoms with van der Waals surface area (Å²) in [6.07, 6.45) is 1.87. The topological polar surface area (TPSA) is 76.0 Å². The predicted octanol–water partition coefficient (Wildman–Crippen LogP) is 4.40. The lowest BCUT2D eigenvalue weighted by molar-refractivity contribution is 0.0997. The Bertz CT molecular complexity index is 906. The van der Waals surface area contributed by atoms with Crippen LogP contribution in [-0.4, -0.2) is 16.5 Å². The number of nitrogens with one attached hydrogen (secondary N) is 1. The number of H-pyrrole nitrogens is 1. The van der Waals surface area contributed by atoms with E-state index in [0.29, 0.717) is 21.0 Å². The molecule has 3 rings (SSSR count). The molecule has 1 aromatic heterocycles. The highest BCUT2D eigenvalue weighted by Gasteiger charge is 2.06. The molecule has 0 spiro atoms. The highest BCUT2D eigenvalue weighted by Crippen LogP contribution is 2.23. The molecule has 1 heterocycles. The number of aromatic amines is 1. The number of hydrogen-bond donors (Lipinski definition) is 2. The summed E-state index contributed by atoms with van der Waals surface area (Å²) >= 11 is 14.2. The fraction of sp³-hybridized carbons (Fsp3) is 0.0667. The minimum absolute atomic E-state index is 0.0401. The second-order valence-corrected chi connectivity index (χ2v) is 6.95. The van der Waals surface area contributed by atoms with E-state index in [1.165, 1.54) is 23.3 Å². The highest BCUT2D eigenvalue weighted by molar-refractivity contribution is 7.98. The van der Waals surface area contributed by atoms with Gasteiger partial charge < -0.3 is 5.73 Å². The van der Waals surface area contributed by atoms with Crippen LogP contribution in [0.25, 0.3) is 10.1 Å². The van der Waals surface area contributed by atoms with Crippen molar-refractivity contribution in [1.82, 2.24) is 4.37 Å². The first-order valence-electron chi connectivity index (χ1n) is 6.32. The van der Waals surface area contributed by atoms with Crippen LogP contribution >= 0.6 is 46.5 Å². The van der Waals surface area contributed by atoms with Gasteiger partial charge in [-0.05, 0) is 42.7 Å². The van der Waals surface area contributed by atoms with E-state index >= 15 is 0 Å². The zero-order valence-corrected chi connectivity index (χ0v) is 15.1. The molecule has 0 bridgehead atoms. The van der Waals surface area contributed by atoms with E-state index in [0.717, 1.165) is 9.60 Å². The van der Waals surface area contributed by atoms with E-state index in [2.05, 4.69) is 4.37 Å². The minimum Gasteiger partial charge on any atom is -0.366 e. The van der Waals surface area contributed by atoms with Crippen molar-refractivity contribution in [2.24, 2.45) is 5.73 Å². The van der Waals surface area contributed by atoms with Gasteiger partial charge in [-0.15, -0.1) is 11.8 Å². The number of halogens is 2. The van der Waals surface area contributed by atoms with Gasteiger partial charge in [0.2, 0.25) is 5.91 Å². The van der Waals surface area contributed by atoms with Crippen molar-refractivity contribution in [3.63, 3.8) is 0 Å². The van der Waals surface area contributed by atoms with E-state index < -0.39 is 5.91 Å². The van der Waals surface area contributed by atoms with Crippen LogP contribution in [0.4, 0.5) is 0 Å². The maximum atomic E-state index is 11.0. The third kappa shape index (κ3) is 4.51. The Morgan fingerprint density at radius 1 is 1.17 bits per heavy atom. The van der Waals surface area contributed by atoms with Crippen molar-refractivity contribution in [1.29, 1.82) is 0 Å². The van der Waals surface area contributed by atoms with Crippen molar-refractivity contribution in [3.05, 3.63) is 62.4 Å². The summed E-state index contributed by atoms with van der Waals surface area (Å²) in [5.41, 5.74) is 5.63. The maximum absolute atomic E-state index is 11.0. The van der Waals surface area contributed by atoms with Gasteiger partial charge in [0, 0.05) is 14.9 Å². The van der Waals surface area contributed by atoms with Crippen LogP contribution in [-0.2, 0) is 0 Å². The number of aromatic nitrogens is 1. The number of hydrogen-bond acceptors (Lipinski definition) is 4. The predicted molar refractivity (Wildman–Crippen MR) is 99.2 cm³/mol. The maximum Gasteiger partial charge on any atom is 0.265 e. The normalized spacial score (nSPS) is 10.2. The van der Waals surface area contributed by atoms with Crippen LogP contribution < -0.4 is 11.3 Å². The molecule has 0 saturated heterocycles. The van der Waals surface area contributed by atoms with Gasteiger partial charge in [-0.1, -0.05) is 34.7 Å². The summed E-state index contributed by atoms with van der Waals surface area (Å²) in [5, 5.41) is 1.98. The van der Waals surface area contributed by atoms with Gasteiger partial charge in [0.05, 0.1) is 15.6 Å². The fourth-order valence-electron chi connectivity index (χ4n) is 1.79. The molecule has 0 unspecified atom stereocenters. The summed E-state index contributed by atoms with van der Waals surface area (Å²) in [7, 11) is 0. The second kappa shape index (κ2) is 7.88. The molecule has 0 aliphatic carbocycles. The summed E-state index contributed by atoms with van der Waals surface area (Å²) < 4.78 is 3.54. The monoisotopic (exact) mass is 386 g/mol. The van der Waals surface area contributed by atoms with E-state index in [1.807, 2.05) is 6.26 Å². The lowest BCUT2D eigenvalue weighted by Gasteiger charge is -2.02. The Balaban J connectivity index is 0.000000167. The third-order valence-electron chi connectivity index (χ3n) is 2.87. The number of primary amides is 1. The Morgan fingerprint density at radius 3 is 2.48 bits per heavy atom. The second-order valence-electron chi connectivity index (χ2n) is 4.38. The lowest BCUT2D eigenvalue weighted by Crippen LogP contribution is -2.11. The number of carbonyl (C=O) groups excluding carboxylic acids is 1. The van der Waals surface area contributed by atoms with Crippen molar-refractivity contribution in [2.75, 3.05) is 6.26 Å². The summed E-state index contributed by atoms with van der Waals surface area (Å²) in [5.74, 6) is -0.420. The van der Waals surface area contributed by atoms with E-state index in [9.17, 15) is 9.59 Å². The first kappa shape index (κ1) is 17.9. The number of fused-ring (bicyclic) bond motifs is 1. The standard InChI is InChI=1S/C8H8ClNOS.C7H4ClNOS/c1-12-7-4-5(9)2-3-6(7)8(10)11;8-4-1-2-5-6(3-4)11-9-7(5)10/h2-4H,1H3,(H2,10,11);1-3H,(H,9,10). The average Bonchev–Trinajstić information content (AvgIpc) is 2.88. The Kier molecular flexibility index (Phi) is 6.12. The first-order valence-corrected chi connectivity index (χ1v) is 9.12. The quantitative estimate of drug-likeness (QED) is 0.640. The molecule has 0 radical (unpaired) electrons. The Hall–Kier alpha value is -1.47. The van der Waals surface area contributed by atoms with Crippen LogP contribution in [0, 0.1) is 0 Å². The van der Waals surface area contributed by atoms with Crippen LogP contribution in [0.1, 0.15) is 10.4 Å². The van der Waals surface area contributed by atoms with Gasteiger partial charge in [0.1, 0.15) is 0 Å². The molecule has 3 aromatic rings. The van der Waals surface area contributed by atoms with E-state index in [-0.39, 0.29) is 5.56 Å². The van der Waals surface area contributed by atoms with Crippen LogP contribution in [0.3, 0.4) is 0 Å². The number of amides is 1. The molecule has 0 aliphatic rings. The third-order valence-corrected chi connectivity index (χ3v) is 4.96. The van der Waals surface area contributed by atoms with Crippen molar-refractivity contribution in [3.8, 4) is 0 Å². The van der Waals surface area contributed by atoms with Gasteiger partial charge in [0.15, 0.2) is 0 Å². The largest absolute Gasteiger partial charge is 0.366 e. The molecule has 23 heavy (non-hydrogen) atoms. The molecule has 4 nitrogen and oxygen atoms in total. The lowest BCUT2D eigenvalue weighted by atomic mass is 10.2. The average molecular weight is 387 g/mol. The zero-order chi connectivity index (χ0) is 17.0. The molecule has 2 aromatic carbocycles. The Labute approximate surface area is 150 Å². The van der Waals surface area contributed by atoms with Crippen LogP contribution in [0.5, 0.6) is 0 Å². The molecular weight excluding hydrogens is 375 g/mol. The molecule has 0 fully saturated rings. The summed E-state index contributed by atoms with van der Waals surface area (Å²) in [4.78, 5) is 22.7. The number of thioether (sulfide) groups is 1. The fourth-order valence-corrected chi connectivity index (χ4v) is 3.67. The molecule has 120 valence electrons. The van der Waals surface area contributed by atoms with Gasteiger partial charge in [-0.3, -0.25) is 14.0 Å². The van der Waals surface area contributed by atoms with Gasteiger partial charge in [-0.25, -0.2) is 0 Å². The molecule has 8 heteroatoms. The molecule has 3 N–H and O–H groups in total. The summed E-state index contributed by atoms with van der Waals surface area (Å²) in [6.45, 7) is 0. The first-order chi connectivity index (χ1) is 10.9. The van der Waals surface area contributed by atoms with Crippen molar-refractivity contribution >= 4 is 62.5 Å². The number of rotatable bonds is 2. The number of nitrogens with two attached hydrogens (primary N) is 1. The number of benzene rings is 2. The SMILES string of the molecule is CSc1cc(Cl)ccc1C(N)=O.O=c1[nH]sc2cc(Cl)ccc12. The molecule has 1 amide bonds. The van der Waals surface area contributed by atoms with Gasteiger partial charge in [0.25, 0.3) is 5.56 Å². The van der Waals surface area contributed by atoms with Crippen LogP contribution in [0.15, 0.2) is 46.1 Å². The van der Waals surface area contributed by atoms with Crippen LogP contribution in [0.2, 0.25) is 10.0 Å². The van der Waals surface area contributed by atoms with Crippen molar-refractivity contribution in [2.45, 2.75) is 4.90 Å². The van der Waals surface area contributed by atoms with Gasteiger partial charge >= 0.3 is 0 Å². The zero-order valence-electron chi connectivity index (χ0n) is 11.9. The smallest absolute Gasteiger partial charge is 0.265 e. The molecular formula is C15H12Cl2N2O2S2. The molecule has 0 aliphatic heterocycles. The molecule has 0 atom stereocenters. The highest BCUT2D eigenvalue weighted by atomic mass is 35.5. The Morgan fingerprint density at radius 2 is 1.83 bits per heavy atom. The van der Waals surface area contributed by atoms with Crippen molar-refractivity contribution < 1.29 is 4.79 Å². The number of carbonyl (C=O) groups is 1. The minimum atomic E-state index is -0.420. The van der Waals surface area contributed by atoms with E-state index in [1.54, 1.807) is 36.4 Å².